The van der Waals surface area contributed by atoms with Crippen molar-refractivity contribution >= 4 is 39.9 Å². The van der Waals surface area contributed by atoms with Crippen molar-refractivity contribution in [3.63, 3.8) is 0 Å². The number of anilines is 2. The molecule has 3 heterocycles. The number of fused-ring (bicyclic) bond motifs is 1. The van der Waals surface area contributed by atoms with E-state index in [-0.39, 0.29) is 29.5 Å². The number of piperidine rings is 1. The molecule has 1 aliphatic heterocycles. The fourth-order valence-electron chi connectivity index (χ4n) is 4.69. The van der Waals surface area contributed by atoms with Crippen molar-refractivity contribution < 1.29 is 13.6 Å². The number of rotatable bonds is 7. The summed E-state index contributed by atoms with van der Waals surface area (Å²) < 4.78 is 28.0. The molecule has 2 fully saturated rings. The molecule has 2 aliphatic rings. The van der Waals surface area contributed by atoms with Crippen LogP contribution in [0.15, 0.2) is 30.7 Å². The molecule has 1 aliphatic carbocycles. The van der Waals surface area contributed by atoms with Gasteiger partial charge in [0.15, 0.2) is 11.6 Å². The Morgan fingerprint density at radius 3 is 2.88 bits per heavy atom. The lowest BCUT2D eigenvalue weighted by molar-refractivity contribution is -0.121. The number of H-pyrrole nitrogens is 1. The minimum atomic E-state index is -0.432. The average molecular weight is 460 g/mol. The van der Waals surface area contributed by atoms with Crippen LogP contribution in [-0.4, -0.2) is 39.9 Å². The monoisotopic (exact) mass is 459 g/mol. The highest BCUT2D eigenvalue weighted by atomic mass is 35.5. The number of aromatic amines is 1. The van der Waals surface area contributed by atoms with Gasteiger partial charge >= 0.3 is 0 Å². The molecule has 2 atom stereocenters. The third-order valence-electron chi connectivity index (χ3n) is 6.34. The second-order valence-corrected chi connectivity index (χ2v) is 9.24. The Hall–Kier alpha value is -2.74. The van der Waals surface area contributed by atoms with Crippen molar-refractivity contribution in [2.24, 2.45) is 11.8 Å². The molecule has 6 nitrogen and oxygen atoms in total. The van der Waals surface area contributed by atoms with Gasteiger partial charge in [0.1, 0.15) is 23.6 Å². The first-order chi connectivity index (χ1) is 15.5. The Bertz CT molecular complexity index is 1130. The summed E-state index contributed by atoms with van der Waals surface area (Å²) in [6.07, 6.45) is 6.92. The number of carbonyl (C=O) groups is 1. The van der Waals surface area contributed by atoms with E-state index in [1.165, 1.54) is 24.7 Å². The van der Waals surface area contributed by atoms with Crippen molar-refractivity contribution in [2.45, 2.75) is 38.1 Å². The SMILES string of the molecule is O=C(C[C@@H]1CCCN(c2ncnc3[nH]cc(F)c23)C1)[C@H](Nc1cc(F)cc(Cl)c1)C1CC1. The van der Waals surface area contributed by atoms with Gasteiger partial charge in [0.05, 0.1) is 11.4 Å². The van der Waals surface area contributed by atoms with E-state index < -0.39 is 5.82 Å². The quantitative estimate of drug-likeness (QED) is 0.522. The maximum Gasteiger partial charge on any atom is 0.155 e. The maximum absolute atomic E-state index is 14.3. The standard InChI is InChI=1S/C23H24ClF2N5O/c24-15-7-16(25)9-17(8-15)30-21(14-3-4-14)19(32)6-13-2-1-5-31(11-13)23-20-18(26)10-27-22(20)28-12-29-23/h7-10,12-14,21,30H,1-6,11H2,(H,27,28,29)/t13-,21+/m0/s1. The number of halogens is 3. The first-order valence-corrected chi connectivity index (χ1v) is 11.3. The number of carbonyl (C=O) groups excluding carboxylic acids is 1. The van der Waals surface area contributed by atoms with Crippen LogP contribution in [0.5, 0.6) is 0 Å². The van der Waals surface area contributed by atoms with Crippen LogP contribution in [0, 0.1) is 23.5 Å². The van der Waals surface area contributed by atoms with Gasteiger partial charge in [0.25, 0.3) is 0 Å². The third kappa shape index (κ3) is 4.41. The molecule has 0 unspecified atom stereocenters. The molecule has 5 rings (SSSR count). The van der Waals surface area contributed by atoms with Crippen molar-refractivity contribution in [1.82, 2.24) is 15.0 Å². The zero-order valence-electron chi connectivity index (χ0n) is 17.5. The molecule has 2 N–H and O–H groups in total. The van der Waals surface area contributed by atoms with Gasteiger partial charge in [-0.05, 0) is 55.7 Å². The van der Waals surface area contributed by atoms with Crippen LogP contribution >= 0.6 is 11.6 Å². The number of benzene rings is 1. The molecule has 168 valence electrons. The molecule has 1 saturated heterocycles. The van der Waals surface area contributed by atoms with Gasteiger partial charge in [-0.15, -0.1) is 0 Å². The van der Waals surface area contributed by atoms with Crippen molar-refractivity contribution in [1.29, 1.82) is 0 Å². The van der Waals surface area contributed by atoms with Gasteiger partial charge in [-0.2, -0.15) is 0 Å². The Kier molecular flexibility index (Phi) is 5.71. The van der Waals surface area contributed by atoms with E-state index in [2.05, 4.69) is 20.3 Å². The van der Waals surface area contributed by atoms with Gasteiger partial charge in [0.2, 0.25) is 0 Å². The minimum Gasteiger partial charge on any atom is -0.375 e. The van der Waals surface area contributed by atoms with E-state index in [9.17, 15) is 13.6 Å². The maximum atomic E-state index is 14.3. The van der Waals surface area contributed by atoms with E-state index >= 15 is 0 Å². The normalized spacial score (nSPS) is 19.8. The van der Waals surface area contributed by atoms with Gasteiger partial charge in [-0.3, -0.25) is 4.79 Å². The van der Waals surface area contributed by atoms with Gasteiger partial charge in [-0.1, -0.05) is 11.6 Å². The lowest BCUT2D eigenvalue weighted by atomic mass is 9.89. The third-order valence-corrected chi connectivity index (χ3v) is 6.55. The number of ketones is 1. The summed E-state index contributed by atoms with van der Waals surface area (Å²) in [5.41, 5.74) is 0.995. The molecule has 2 aromatic heterocycles. The Labute approximate surface area is 189 Å². The molecule has 0 spiro atoms. The molecule has 1 saturated carbocycles. The molecule has 0 radical (unpaired) electrons. The van der Waals surface area contributed by atoms with E-state index in [0.29, 0.717) is 40.5 Å². The van der Waals surface area contributed by atoms with Gasteiger partial charge in [-0.25, -0.2) is 18.7 Å². The van der Waals surface area contributed by atoms with Crippen LogP contribution in [0.4, 0.5) is 20.3 Å². The summed E-state index contributed by atoms with van der Waals surface area (Å²) in [5.74, 6) is 0.290. The predicted octanol–water partition coefficient (Wildman–Crippen LogP) is 4.96. The topological polar surface area (TPSA) is 73.9 Å². The summed E-state index contributed by atoms with van der Waals surface area (Å²) in [5, 5.41) is 3.91. The minimum absolute atomic E-state index is 0.125. The van der Waals surface area contributed by atoms with Crippen molar-refractivity contribution in [3.05, 3.63) is 47.4 Å². The molecule has 3 aromatic rings. The molecule has 9 heteroatoms. The van der Waals surface area contributed by atoms with E-state index in [1.54, 1.807) is 6.07 Å². The van der Waals surface area contributed by atoms with Crippen molar-refractivity contribution in [3.8, 4) is 0 Å². The summed E-state index contributed by atoms with van der Waals surface area (Å²) in [4.78, 5) is 26.5. The average Bonchev–Trinajstić information content (AvgIpc) is 3.53. The number of hydrogen-bond acceptors (Lipinski definition) is 5. The molecule has 32 heavy (non-hydrogen) atoms. The Morgan fingerprint density at radius 2 is 2.09 bits per heavy atom. The summed E-state index contributed by atoms with van der Waals surface area (Å²) in [6.45, 7) is 1.39. The highest BCUT2D eigenvalue weighted by Gasteiger charge is 2.37. The molecule has 0 amide bonds. The molecule has 1 aromatic carbocycles. The number of aromatic nitrogens is 3. The zero-order chi connectivity index (χ0) is 22.2. The number of nitrogens with one attached hydrogen (secondary N) is 2. The summed E-state index contributed by atoms with van der Waals surface area (Å²) in [7, 11) is 0. The number of Topliss-reactive ketones (excluding diaryl/α,β-unsaturated/α-hetero) is 1. The van der Waals surface area contributed by atoms with Gasteiger partial charge in [0, 0.05) is 36.4 Å². The lowest BCUT2D eigenvalue weighted by Gasteiger charge is -2.34. The highest BCUT2D eigenvalue weighted by Crippen LogP contribution is 2.37. The molecular formula is C23H24ClF2N5O. The molecular weight excluding hydrogens is 436 g/mol. The number of nitrogens with zero attached hydrogens (tertiary/aromatic N) is 3. The first kappa shape index (κ1) is 21.1. The lowest BCUT2D eigenvalue weighted by Crippen LogP contribution is -2.39. The van der Waals surface area contributed by atoms with Crippen LogP contribution < -0.4 is 10.2 Å². The van der Waals surface area contributed by atoms with E-state index in [0.717, 1.165) is 32.2 Å². The van der Waals surface area contributed by atoms with E-state index in [4.69, 9.17) is 11.6 Å². The Balaban J connectivity index is 1.29. The Morgan fingerprint density at radius 1 is 1.25 bits per heavy atom. The van der Waals surface area contributed by atoms with Crippen LogP contribution in [0.1, 0.15) is 32.1 Å². The summed E-state index contributed by atoms with van der Waals surface area (Å²) in [6, 6.07) is 3.90. The van der Waals surface area contributed by atoms with Gasteiger partial charge < -0.3 is 15.2 Å². The smallest absolute Gasteiger partial charge is 0.155 e. The van der Waals surface area contributed by atoms with E-state index in [1.807, 2.05) is 4.90 Å². The van der Waals surface area contributed by atoms with Crippen LogP contribution in [-0.2, 0) is 4.79 Å². The predicted molar refractivity (Wildman–Crippen MR) is 120 cm³/mol. The second kappa shape index (κ2) is 8.65. The second-order valence-electron chi connectivity index (χ2n) is 8.80. The van der Waals surface area contributed by atoms with Crippen LogP contribution in [0.3, 0.4) is 0 Å². The summed E-state index contributed by atoms with van der Waals surface area (Å²) >= 11 is 5.97. The zero-order valence-corrected chi connectivity index (χ0v) is 18.2. The number of hydrogen-bond donors (Lipinski definition) is 2. The van der Waals surface area contributed by atoms with Crippen LogP contribution in [0.2, 0.25) is 5.02 Å². The largest absolute Gasteiger partial charge is 0.375 e. The first-order valence-electron chi connectivity index (χ1n) is 11.0. The fraction of sp³-hybridized carbons (Fsp3) is 0.435. The highest BCUT2D eigenvalue weighted by molar-refractivity contribution is 6.30. The molecule has 0 bridgehead atoms. The van der Waals surface area contributed by atoms with Crippen molar-refractivity contribution in [2.75, 3.05) is 23.3 Å². The van der Waals surface area contributed by atoms with Crippen LogP contribution in [0.25, 0.3) is 11.0 Å². The fourth-order valence-corrected chi connectivity index (χ4v) is 4.91.